The molecule has 0 aliphatic carbocycles. The Balaban J connectivity index is 2.23. The molecule has 1 aliphatic heterocycles. The first-order valence-electron chi connectivity index (χ1n) is 8.01. The number of rotatable bonds is 6. The normalized spacial score (nSPS) is 16.9. The summed E-state index contributed by atoms with van der Waals surface area (Å²) in [6.45, 7) is 8.88. The predicted octanol–water partition coefficient (Wildman–Crippen LogP) is 1.39. The van der Waals surface area contributed by atoms with Crippen molar-refractivity contribution in [1.82, 2.24) is 15.5 Å². The third-order valence-corrected chi connectivity index (χ3v) is 3.90. The lowest BCUT2D eigenvalue weighted by atomic mass is 9.92. The van der Waals surface area contributed by atoms with Crippen LogP contribution in [0.2, 0.25) is 0 Å². The molecule has 0 aromatic rings. The number of hydrogen-bond acceptors (Lipinski definition) is 3. The standard InChI is InChI=1S/C16H31N3O2/c1-16(2,3)11-14(20)18-12-15(21)19-9-6-13(7-10-19)5-8-17-4/h13,17H,5-12H2,1-4H3,(H,18,20). The molecule has 0 radical (unpaired) electrons. The van der Waals surface area contributed by atoms with E-state index in [1.807, 2.05) is 32.7 Å². The number of nitrogens with zero attached hydrogens (tertiary/aromatic N) is 1. The molecule has 0 saturated carbocycles. The van der Waals surface area contributed by atoms with Crippen molar-refractivity contribution in [3.8, 4) is 0 Å². The van der Waals surface area contributed by atoms with E-state index in [9.17, 15) is 9.59 Å². The highest BCUT2D eigenvalue weighted by Gasteiger charge is 2.23. The van der Waals surface area contributed by atoms with Crippen molar-refractivity contribution in [2.45, 2.75) is 46.5 Å². The van der Waals surface area contributed by atoms with Crippen molar-refractivity contribution in [1.29, 1.82) is 0 Å². The minimum absolute atomic E-state index is 0.0419. The molecule has 0 aromatic carbocycles. The Kier molecular flexibility index (Phi) is 7.15. The fraction of sp³-hybridized carbons (Fsp3) is 0.875. The van der Waals surface area contributed by atoms with Crippen molar-refractivity contribution in [3.63, 3.8) is 0 Å². The van der Waals surface area contributed by atoms with E-state index in [4.69, 9.17) is 0 Å². The van der Waals surface area contributed by atoms with Gasteiger partial charge in [-0.2, -0.15) is 0 Å². The lowest BCUT2D eigenvalue weighted by Crippen LogP contribution is -2.44. The third-order valence-electron chi connectivity index (χ3n) is 3.90. The number of piperidine rings is 1. The van der Waals surface area contributed by atoms with Crippen LogP contribution in [-0.4, -0.2) is 49.9 Å². The van der Waals surface area contributed by atoms with Gasteiger partial charge >= 0.3 is 0 Å². The lowest BCUT2D eigenvalue weighted by Gasteiger charge is -2.32. The van der Waals surface area contributed by atoms with Crippen molar-refractivity contribution in [3.05, 3.63) is 0 Å². The van der Waals surface area contributed by atoms with Gasteiger partial charge in [0.1, 0.15) is 0 Å². The average Bonchev–Trinajstić information content (AvgIpc) is 2.41. The Morgan fingerprint density at radius 1 is 1.19 bits per heavy atom. The van der Waals surface area contributed by atoms with Crippen LogP contribution in [0.4, 0.5) is 0 Å². The highest BCUT2D eigenvalue weighted by atomic mass is 16.2. The zero-order chi connectivity index (χ0) is 15.9. The fourth-order valence-electron chi connectivity index (χ4n) is 2.65. The number of nitrogens with one attached hydrogen (secondary N) is 2. The molecule has 122 valence electrons. The van der Waals surface area contributed by atoms with Crippen LogP contribution in [0.15, 0.2) is 0 Å². The van der Waals surface area contributed by atoms with E-state index in [0.29, 0.717) is 6.42 Å². The van der Waals surface area contributed by atoms with E-state index in [0.717, 1.165) is 38.4 Å². The molecule has 21 heavy (non-hydrogen) atoms. The van der Waals surface area contributed by atoms with Crippen LogP contribution >= 0.6 is 0 Å². The van der Waals surface area contributed by atoms with Crippen LogP contribution in [0.3, 0.4) is 0 Å². The van der Waals surface area contributed by atoms with Crippen LogP contribution in [-0.2, 0) is 9.59 Å². The van der Waals surface area contributed by atoms with E-state index in [1.165, 1.54) is 6.42 Å². The predicted molar refractivity (Wildman–Crippen MR) is 84.9 cm³/mol. The van der Waals surface area contributed by atoms with E-state index >= 15 is 0 Å². The molecule has 1 aliphatic rings. The summed E-state index contributed by atoms with van der Waals surface area (Å²) >= 11 is 0. The maximum Gasteiger partial charge on any atom is 0.241 e. The maximum absolute atomic E-state index is 12.1. The summed E-state index contributed by atoms with van der Waals surface area (Å²) in [6.07, 6.45) is 3.78. The second kappa shape index (κ2) is 8.37. The van der Waals surface area contributed by atoms with E-state index in [1.54, 1.807) is 0 Å². The molecule has 0 spiro atoms. The minimum atomic E-state index is -0.0429. The molecule has 0 aromatic heterocycles. The van der Waals surface area contributed by atoms with E-state index in [-0.39, 0.29) is 23.8 Å². The third kappa shape index (κ3) is 7.46. The number of carbonyl (C=O) groups is 2. The number of amides is 2. The summed E-state index contributed by atoms with van der Waals surface area (Å²) in [6, 6.07) is 0. The molecule has 0 atom stereocenters. The van der Waals surface area contributed by atoms with Crippen LogP contribution in [0, 0.1) is 11.3 Å². The highest BCUT2D eigenvalue weighted by Crippen LogP contribution is 2.20. The Labute approximate surface area is 128 Å². The smallest absolute Gasteiger partial charge is 0.241 e. The van der Waals surface area contributed by atoms with Gasteiger partial charge in [-0.1, -0.05) is 20.8 Å². The topological polar surface area (TPSA) is 61.4 Å². The first-order chi connectivity index (χ1) is 9.81. The molecule has 1 fully saturated rings. The van der Waals surface area contributed by atoms with Crippen LogP contribution in [0.5, 0.6) is 0 Å². The molecule has 1 heterocycles. The van der Waals surface area contributed by atoms with Crippen molar-refractivity contribution in [2.24, 2.45) is 11.3 Å². The van der Waals surface area contributed by atoms with Gasteiger partial charge in [0, 0.05) is 19.5 Å². The summed E-state index contributed by atoms with van der Waals surface area (Å²) in [5.74, 6) is 0.723. The van der Waals surface area contributed by atoms with E-state index in [2.05, 4.69) is 10.6 Å². The van der Waals surface area contributed by atoms with Crippen molar-refractivity contribution in [2.75, 3.05) is 33.2 Å². The van der Waals surface area contributed by atoms with Gasteiger partial charge in [0.25, 0.3) is 0 Å². The number of carbonyl (C=O) groups excluding carboxylic acids is 2. The number of likely N-dealkylation sites (tertiary alicyclic amines) is 1. The van der Waals surface area contributed by atoms with Crippen molar-refractivity contribution < 1.29 is 9.59 Å². The average molecular weight is 297 g/mol. The summed E-state index contributed by atoms with van der Waals surface area (Å²) in [4.78, 5) is 25.7. The summed E-state index contributed by atoms with van der Waals surface area (Å²) in [5, 5.41) is 5.91. The molecule has 5 heteroatoms. The quantitative estimate of drug-likeness (QED) is 0.779. The van der Waals surface area contributed by atoms with Gasteiger partial charge in [-0.15, -0.1) is 0 Å². The van der Waals surface area contributed by atoms with Crippen LogP contribution < -0.4 is 10.6 Å². The SMILES string of the molecule is CNCCC1CCN(C(=O)CNC(=O)CC(C)(C)C)CC1. The summed E-state index contributed by atoms with van der Waals surface area (Å²) < 4.78 is 0. The Morgan fingerprint density at radius 3 is 2.33 bits per heavy atom. The largest absolute Gasteiger partial charge is 0.347 e. The first-order valence-corrected chi connectivity index (χ1v) is 8.01. The van der Waals surface area contributed by atoms with Gasteiger partial charge in [0.15, 0.2) is 0 Å². The molecule has 0 bridgehead atoms. The number of hydrogen-bond donors (Lipinski definition) is 2. The van der Waals surface area contributed by atoms with Gasteiger partial charge in [-0.3, -0.25) is 9.59 Å². The van der Waals surface area contributed by atoms with Crippen LogP contribution in [0.25, 0.3) is 0 Å². The molecular weight excluding hydrogens is 266 g/mol. The molecule has 1 rings (SSSR count). The minimum Gasteiger partial charge on any atom is -0.347 e. The van der Waals surface area contributed by atoms with Crippen molar-refractivity contribution >= 4 is 11.8 Å². The van der Waals surface area contributed by atoms with Gasteiger partial charge in [0.05, 0.1) is 6.54 Å². The Morgan fingerprint density at radius 2 is 1.81 bits per heavy atom. The fourth-order valence-corrected chi connectivity index (χ4v) is 2.65. The summed E-state index contributed by atoms with van der Waals surface area (Å²) in [7, 11) is 1.97. The molecule has 2 N–H and O–H groups in total. The zero-order valence-corrected chi connectivity index (χ0v) is 14.0. The van der Waals surface area contributed by atoms with Gasteiger partial charge < -0.3 is 15.5 Å². The van der Waals surface area contributed by atoms with Gasteiger partial charge in [-0.25, -0.2) is 0 Å². The zero-order valence-electron chi connectivity index (χ0n) is 14.0. The van der Waals surface area contributed by atoms with E-state index < -0.39 is 0 Å². The first kappa shape index (κ1) is 18.0. The monoisotopic (exact) mass is 297 g/mol. The second-order valence-corrected chi connectivity index (χ2v) is 7.23. The van der Waals surface area contributed by atoms with Gasteiger partial charge in [0.2, 0.25) is 11.8 Å². The molecule has 2 amide bonds. The molecule has 1 saturated heterocycles. The van der Waals surface area contributed by atoms with Crippen LogP contribution in [0.1, 0.15) is 46.5 Å². The molecule has 5 nitrogen and oxygen atoms in total. The van der Waals surface area contributed by atoms with Gasteiger partial charge in [-0.05, 0) is 44.2 Å². The highest BCUT2D eigenvalue weighted by molar-refractivity contribution is 5.85. The maximum atomic E-state index is 12.1. The second-order valence-electron chi connectivity index (χ2n) is 7.23. The Bertz CT molecular complexity index is 342. The molecular formula is C16H31N3O2. The molecule has 0 unspecified atom stereocenters. The lowest BCUT2D eigenvalue weighted by molar-refractivity contribution is -0.134. The Hall–Kier alpha value is -1.10. The summed E-state index contributed by atoms with van der Waals surface area (Å²) in [5.41, 5.74) is -0.0429.